The molecule has 0 unspecified atom stereocenters. The van der Waals surface area contributed by atoms with Gasteiger partial charge in [-0.25, -0.2) is 0 Å². The monoisotopic (exact) mass is 283 g/mol. The van der Waals surface area contributed by atoms with Crippen LogP contribution in [-0.2, 0) is 0 Å². The van der Waals surface area contributed by atoms with E-state index in [0.717, 1.165) is 24.8 Å². The molecule has 1 N–H and O–H groups in total. The SMILES string of the molecule is CC1CCC(NCCOc2ccc3ccccc3c2)CC1. The number of hydrogen-bond donors (Lipinski definition) is 1. The topological polar surface area (TPSA) is 21.3 Å². The van der Waals surface area contributed by atoms with Gasteiger partial charge in [0.1, 0.15) is 12.4 Å². The van der Waals surface area contributed by atoms with E-state index in [0.29, 0.717) is 6.04 Å². The second-order valence-electron chi connectivity index (χ2n) is 6.27. The Labute approximate surface area is 127 Å². The zero-order valence-electron chi connectivity index (χ0n) is 12.8. The van der Waals surface area contributed by atoms with Crippen LogP contribution in [0.25, 0.3) is 10.8 Å². The predicted molar refractivity (Wildman–Crippen MR) is 88.9 cm³/mol. The molecule has 0 heterocycles. The third-order valence-electron chi connectivity index (χ3n) is 4.54. The van der Waals surface area contributed by atoms with Crippen LogP contribution in [0.1, 0.15) is 32.6 Å². The quantitative estimate of drug-likeness (QED) is 0.822. The molecular weight excluding hydrogens is 258 g/mol. The van der Waals surface area contributed by atoms with Crippen molar-refractivity contribution in [2.24, 2.45) is 5.92 Å². The van der Waals surface area contributed by atoms with Crippen LogP contribution >= 0.6 is 0 Å². The van der Waals surface area contributed by atoms with Crippen LogP contribution in [0.2, 0.25) is 0 Å². The molecule has 0 aliphatic heterocycles. The Morgan fingerprint density at radius 3 is 2.57 bits per heavy atom. The van der Waals surface area contributed by atoms with Crippen LogP contribution in [0.5, 0.6) is 5.75 Å². The fraction of sp³-hybridized carbons (Fsp3) is 0.474. The van der Waals surface area contributed by atoms with Gasteiger partial charge >= 0.3 is 0 Å². The first-order chi connectivity index (χ1) is 10.3. The molecule has 1 fully saturated rings. The Morgan fingerprint density at radius 2 is 1.76 bits per heavy atom. The maximum Gasteiger partial charge on any atom is 0.120 e. The van der Waals surface area contributed by atoms with E-state index in [1.807, 2.05) is 0 Å². The number of hydrogen-bond acceptors (Lipinski definition) is 2. The highest BCUT2D eigenvalue weighted by Gasteiger charge is 2.17. The standard InChI is InChI=1S/C19H25NO/c1-15-6-9-18(10-7-15)20-12-13-21-19-11-8-16-4-2-3-5-17(16)14-19/h2-5,8,11,14-15,18,20H,6-7,9-10,12-13H2,1H3. The number of rotatable bonds is 5. The highest BCUT2D eigenvalue weighted by atomic mass is 16.5. The summed E-state index contributed by atoms with van der Waals surface area (Å²) >= 11 is 0. The van der Waals surface area contributed by atoms with Gasteiger partial charge < -0.3 is 10.1 Å². The highest BCUT2D eigenvalue weighted by molar-refractivity contribution is 5.83. The maximum absolute atomic E-state index is 5.86. The van der Waals surface area contributed by atoms with Gasteiger partial charge in [0.25, 0.3) is 0 Å². The summed E-state index contributed by atoms with van der Waals surface area (Å²) in [7, 11) is 0. The van der Waals surface area contributed by atoms with Crippen molar-refractivity contribution in [2.75, 3.05) is 13.2 Å². The molecule has 0 bridgehead atoms. The van der Waals surface area contributed by atoms with Gasteiger partial charge in [-0.2, -0.15) is 0 Å². The molecule has 0 saturated heterocycles. The van der Waals surface area contributed by atoms with Crippen molar-refractivity contribution in [3.05, 3.63) is 42.5 Å². The summed E-state index contributed by atoms with van der Waals surface area (Å²) in [5.41, 5.74) is 0. The molecule has 0 amide bonds. The summed E-state index contributed by atoms with van der Waals surface area (Å²) in [6.45, 7) is 4.04. The second kappa shape index (κ2) is 6.95. The molecular formula is C19H25NO. The Bertz CT molecular complexity index is 573. The van der Waals surface area contributed by atoms with E-state index in [4.69, 9.17) is 4.74 Å². The van der Waals surface area contributed by atoms with E-state index in [9.17, 15) is 0 Å². The van der Waals surface area contributed by atoms with Gasteiger partial charge in [-0.1, -0.05) is 37.3 Å². The van der Waals surface area contributed by atoms with Gasteiger partial charge in [0.2, 0.25) is 0 Å². The molecule has 0 aromatic heterocycles. The largest absolute Gasteiger partial charge is 0.492 e. The summed E-state index contributed by atoms with van der Waals surface area (Å²) in [6, 6.07) is 15.4. The van der Waals surface area contributed by atoms with Gasteiger partial charge in [0.05, 0.1) is 0 Å². The Balaban J connectivity index is 1.44. The average molecular weight is 283 g/mol. The molecule has 2 aromatic rings. The Morgan fingerprint density at radius 1 is 1.00 bits per heavy atom. The number of benzene rings is 2. The average Bonchev–Trinajstić information content (AvgIpc) is 2.53. The highest BCUT2D eigenvalue weighted by Crippen LogP contribution is 2.23. The van der Waals surface area contributed by atoms with E-state index in [1.165, 1.54) is 36.5 Å². The minimum atomic E-state index is 0.696. The van der Waals surface area contributed by atoms with Crippen LogP contribution in [0.4, 0.5) is 0 Å². The predicted octanol–water partition coefficient (Wildman–Crippen LogP) is 4.39. The van der Waals surface area contributed by atoms with Gasteiger partial charge in [-0.3, -0.25) is 0 Å². The summed E-state index contributed by atoms with van der Waals surface area (Å²) in [5.74, 6) is 1.88. The molecule has 21 heavy (non-hydrogen) atoms. The van der Waals surface area contributed by atoms with Crippen LogP contribution < -0.4 is 10.1 Å². The fourth-order valence-corrected chi connectivity index (χ4v) is 3.15. The molecule has 1 saturated carbocycles. The van der Waals surface area contributed by atoms with Gasteiger partial charge in [0.15, 0.2) is 0 Å². The molecule has 0 radical (unpaired) electrons. The number of nitrogens with one attached hydrogen (secondary N) is 1. The van der Waals surface area contributed by atoms with Crippen LogP contribution in [0, 0.1) is 5.92 Å². The van der Waals surface area contributed by atoms with Gasteiger partial charge in [-0.15, -0.1) is 0 Å². The maximum atomic E-state index is 5.86. The van der Waals surface area contributed by atoms with E-state index >= 15 is 0 Å². The van der Waals surface area contributed by atoms with Crippen molar-refractivity contribution >= 4 is 10.8 Å². The molecule has 2 heteroatoms. The minimum Gasteiger partial charge on any atom is -0.492 e. The van der Waals surface area contributed by atoms with E-state index in [-0.39, 0.29) is 0 Å². The molecule has 3 rings (SSSR count). The zero-order chi connectivity index (χ0) is 14.5. The lowest BCUT2D eigenvalue weighted by Gasteiger charge is -2.27. The third kappa shape index (κ3) is 3.98. The smallest absolute Gasteiger partial charge is 0.120 e. The summed E-state index contributed by atoms with van der Waals surface area (Å²) in [6.07, 6.45) is 5.36. The van der Waals surface area contributed by atoms with Crippen LogP contribution in [0.15, 0.2) is 42.5 Å². The Hall–Kier alpha value is -1.54. The summed E-state index contributed by atoms with van der Waals surface area (Å²) < 4.78 is 5.86. The van der Waals surface area contributed by atoms with Crippen molar-refractivity contribution in [3.8, 4) is 5.75 Å². The molecule has 112 valence electrons. The van der Waals surface area contributed by atoms with Crippen molar-refractivity contribution < 1.29 is 4.74 Å². The first-order valence-corrected chi connectivity index (χ1v) is 8.16. The summed E-state index contributed by atoms with van der Waals surface area (Å²) in [4.78, 5) is 0. The number of fused-ring (bicyclic) bond motifs is 1. The molecule has 2 aromatic carbocycles. The fourth-order valence-electron chi connectivity index (χ4n) is 3.15. The number of ether oxygens (including phenoxy) is 1. The lowest BCUT2D eigenvalue weighted by atomic mass is 9.87. The Kier molecular flexibility index (Phi) is 4.76. The second-order valence-corrected chi connectivity index (χ2v) is 6.27. The lowest BCUT2D eigenvalue weighted by molar-refractivity contribution is 0.270. The van der Waals surface area contributed by atoms with E-state index in [2.05, 4.69) is 54.7 Å². The first-order valence-electron chi connectivity index (χ1n) is 8.16. The van der Waals surface area contributed by atoms with E-state index in [1.54, 1.807) is 0 Å². The van der Waals surface area contributed by atoms with Gasteiger partial charge in [0, 0.05) is 12.6 Å². The normalized spacial score (nSPS) is 22.3. The molecule has 2 nitrogen and oxygen atoms in total. The van der Waals surface area contributed by atoms with Crippen molar-refractivity contribution in [2.45, 2.75) is 38.6 Å². The van der Waals surface area contributed by atoms with Crippen molar-refractivity contribution in [1.29, 1.82) is 0 Å². The third-order valence-corrected chi connectivity index (χ3v) is 4.54. The molecule has 0 atom stereocenters. The summed E-state index contributed by atoms with van der Waals surface area (Å²) in [5, 5.41) is 6.13. The molecule has 0 spiro atoms. The first kappa shape index (κ1) is 14.4. The van der Waals surface area contributed by atoms with Crippen molar-refractivity contribution in [3.63, 3.8) is 0 Å². The van der Waals surface area contributed by atoms with Gasteiger partial charge in [-0.05, 0) is 54.5 Å². The van der Waals surface area contributed by atoms with E-state index < -0.39 is 0 Å². The molecule has 1 aliphatic carbocycles. The minimum absolute atomic E-state index is 0.696. The lowest BCUT2D eigenvalue weighted by Crippen LogP contribution is -2.35. The zero-order valence-corrected chi connectivity index (χ0v) is 12.8. The molecule has 1 aliphatic rings. The van der Waals surface area contributed by atoms with Crippen LogP contribution in [0.3, 0.4) is 0 Å². The van der Waals surface area contributed by atoms with Crippen molar-refractivity contribution in [1.82, 2.24) is 5.32 Å². The van der Waals surface area contributed by atoms with Crippen LogP contribution in [-0.4, -0.2) is 19.2 Å².